The van der Waals surface area contributed by atoms with Gasteiger partial charge < -0.3 is 14.7 Å². The highest BCUT2D eigenvalue weighted by molar-refractivity contribution is 7.13. The third kappa shape index (κ3) is 6.15. The quantitative estimate of drug-likeness (QED) is 0.368. The van der Waals surface area contributed by atoms with E-state index in [9.17, 15) is 14.0 Å². The number of benzene rings is 2. The Hall–Kier alpha value is -3.89. The van der Waals surface area contributed by atoms with Crippen LogP contribution in [0, 0.1) is 5.82 Å². The van der Waals surface area contributed by atoms with Gasteiger partial charge in [-0.05, 0) is 34.7 Å². The molecule has 8 nitrogen and oxygen atoms in total. The summed E-state index contributed by atoms with van der Waals surface area (Å²) in [6.45, 7) is 4.52. The first-order chi connectivity index (χ1) is 18.5. The first-order valence-electron chi connectivity index (χ1n) is 12.4. The predicted octanol–water partition coefficient (Wildman–Crippen LogP) is 4.00. The van der Waals surface area contributed by atoms with Gasteiger partial charge in [-0.25, -0.2) is 4.39 Å². The van der Waals surface area contributed by atoms with E-state index in [0.29, 0.717) is 43.5 Å². The van der Waals surface area contributed by atoms with E-state index in [1.807, 2.05) is 29.6 Å². The number of piperazine rings is 1. The molecule has 1 N–H and O–H groups in total. The molecule has 0 aliphatic carbocycles. The molecule has 3 heterocycles. The molecule has 1 atom stereocenters. The van der Waals surface area contributed by atoms with E-state index in [1.54, 1.807) is 34.4 Å². The lowest BCUT2D eigenvalue weighted by Crippen LogP contribution is -2.55. The molecular weight excluding hydrogens is 505 g/mol. The van der Waals surface area contributed by atoms with Gasteiger partial charge in [0.25, 0.3) is 5.89 Å². The van der Waals surface area contributed by atoms with Gasteiger partial charge >= 0.3 is 0 Å². The smallest absolute Gasteiger partial charge is 0.268 e. The van der Waals surface area contributed by atoms with Gasteiger partial charge in [-0.2, -0.15) is 4.98 Å². The van der Waals surface area contributed by atoms with Crippen molar-refractivity contribution < 1.29 is 18.5 Å². The molecule has 0 radical (unpaired) electrons. The number of thiophene rings is 1. The topological polar surface area (TPSA) is 91.6 Å². The Kier molecular flexibility index (Phi) is 7.90. The highest BCUT2D eigenvalue weighted by Crippen LogP contribution is 2.26. The Morgan fingerprint density at radius 1 is 1.08 bits per heavy atom. The van der Waals surface area contributed by atoms with E-state index in [-0.39, 0.29) is 24.1 Å². The lowest BCUT2D eigenvalue weighted by atomic mass is 10.0. The molecule has 2 amide bonds. The largest absolute Gasteiger partial charge is 0.344 e. The molecule has 1 fully saturated rings. The van der Waals surface area contributed by atoms with Crippen molar-refractivity contribution in [2.45, 2.75) is 25.9 Å². The molecule has 1 aliphatic rings. The van der Waals surface area contributed by atoms with Crippen LogP contribution >= 0.6 is 11.3 Å². The van der Waals surface area contributed by atoms with Gasteiger partial charge in [-0.3, -0.25) is 14.5 Å². The molecule has 38 heavy (non-hydrogen) atoms. The van der Waals surface area contributed by atoms with Crippen molar-refractivity contribution in [2.24, 2.45) is 0 Å². The zero-order valence-corrected chi connectivity index (χ0v) is 21.8. The summed E-state index contributed by atoms with van der Waals surface area (Å²) in [5.41, 5.74) is 2.40. The number of halogens is 1. The average Bonchev–Trinajstić information content (AvgIpc) is 3.62. The first-order valence-corrected chi connectivity index (χ1v) is 13.3. The lowest BCUT2D eigenvalue weighted by Gasteiger charge is -2.36. The molecule has 1 aliphatic heterocycles. The van der Waals surface area contributed by atoms with Crippen LogP contribution in [0.5, 0.6) is 0 Å². The van der Waals surface area contributed by atoms with Crippen LogP contribution in [0.3, 0.4) is 0 Å². The molecule has 0 unspecified atom stereocenters. The van der Waals surface area contributed by atoms with Crippen LogP contribution in [0.15, 0.2) is 70.6 Å². The second kappa shape index (κ2) is 11.7. The molecular formula is C28H28FN5O3S. The normalized spacial score (nSPS) is 14.8. The number of carbonyl (C=O) groups is 2. The minimum atomic E-state index is -0.804. The van der Waals surface area contributed by atoms with E-state index < -0.39 is 6.04 Å². The Morgan fingerprint density at radius 3 is 2.63 bits per heavy atom. The fourth-order valence-electron chi connectivity index (χ4n) is 4.58. The third-order valence-corrected chi connectivity index (χ3v) is 7.35. The van der Waals surface area contributed by atoms with Crippen LogP contribution in [0.25, 0.3) is 22.2 Å². The van der Waals surface area contributed by atoms with Crippen molar-refractivity contribution in [2.75, 3.05) is 26.2 Å². The maximum absolute atomic E-state index is 14.2. The van der Waals surface area contributed by atoms with Gasteiger partial charge in [0, 0.05) is 51.6 Å². The van der Waals surface area contributed by atoms with Gasteiger partial charge in [0.1, 0.15) is 11.9 Å². The van der Waals surface area contributed by atoms with Crippen molar-refractivity contribution in [3.8, 4) is 22.2 Å². The van der Waals surface area contributed by atoms with Crippen LogP contribution in [-0.2, 0) is 22.6 Å². The fraction of sp³-hybridized carbons (Fsp3) is 0.286. The van der Waals surface area contributed by atoms with Gasteiger partial charge in [0.15, 0.2) is 0 Å². The van der Waals surface area contributed by atoms with Crippen molar-refractivity contribution in [3.63, 3.8) is 0 Å². The van der Waals surface area contributed by atoms with Crippen LogP contribution < -0.4 is 5.32 Å². The minimum absolute atomic E-state index is 0.113. The molecule has 196 valence electrons. The second-order valence-electron chi connectivity index (χ2n) is 9.25. The average molecular weight is 534 g/mol. The van der Waals surface area contributed by atoms with E-state index in [0.717, 1.165) is 22.5 Å². The van der Waals surface area contributed by atoms with Crippen molar-refractivity contribution in [1.29, 1.82) is 0 Å². The van der Waals surface area contributed by atoms with Gasteiger partial charge in [0.05, 0.1) is 4.88 Å². The van der Waals surface area contributed by atoms with Gasteiger partial charge in [0.2, 0.25) is 17.6 Å². The van der Waals surface area contributed by atoms with E-state index in [2.05, 4.69) is 32.5 Å². The minimum Gasteiger partial charge on any atom is -0.344 e. The zero-order valence-electron chi connectivity index (χ0n) is 21.0. The molecule has 4 aromatic rings. The summed E-state index contributed by atoms with van der Waals surface area (Å²) in [6, 6.07) is 17.5. The highest BCUT2D eigenvalue weighted by atomic mass is 32.1. The third-order valence-electron chi connectivity index (χ3n) is 6.49. The van der Waals surface area contributed by atoms with Crippen LogP contribution in [0.4, 0.5) is 4.39 Å². The van der Waals surface area contributed by atoms with Crippen molar-refractivity contribution >= 4 is 23.2 Å². The maximum atomic E-state index is 14.2. The van der Waals surface area contributed by atoms with E-state index >= 15 is 0 Å². The zero-order chi connectivity index (χ0) is 26.5. The summed E-state index contributed by atoms with van der Waals surface area (Å²) in [6.07, 6.45) is 0.113. The van der Waals surface area contributed by atoms with Gasteiger partial charge in [-0.1, -0.05) is 47.6 Å². The van der Waals surface area contributed by atoms with Crippen molar-refractivity contribution in [3.05, 3.63) is 83.0 Å². The monoisotopic (exact) mass is 533 g/mol. The second-order valence-corrected chi connectivity index (χ2v) is 10.2. The molecule has 2 aromatic heterocycles. The number of carbonyl (C=O) groups excluding carboxylic acids is 2. The molecule has 0 bridgehead atoms. The van der Waals surface area contributed by atoms with Crippen LogP contribution in [0.1, 0.15) is 18.1 Å². The number of nitrogens with zero attached hydrogens (tertiary/aromatic N) is 4. The highest BCUT2D eigenvalue weighted by Gasteiger charge is 2.29. The number of amides is 2. The molecule has 0 saturated carbocycles. The summed E-state index contributed by atoms with van der Waals surface area (Å²) < 4.78 is 19.6. The van der Waals surface area contributed by atoms with Gasteiger partial charge in [-0.15, -0.1) is 11.3 Å². The van der Waals surface area contributed by atoms with Crippen LogP contribution in [-0.4, -0.2) is 64.0 Å². The summed E-state index contributed by atoms with van der Waals surface area (Å²) in [4.78, 5) is 34.5. The fourth-order valence-corrected chi connectivity index (χ4v) is 5.23. The molecule has 2 aromatic carbocycles. The Bertz CT molecular complexity index is 1400. The van der Waals surface area contributed by atoms with E-state index in [4.69, 9.17) is 4.52 Å². The Morgan fingerprint density at radius 2 is 1.89 bits per heavy atom. The standard InChI is InChI=1S/C28H28FN5O3S/c1-19(35)30-24(17-21-7-2-3-9-23(21)29)28(36)34-13-11-33(12-14-34)18-20-6-4-8-22(16-20)26-31-27(37-32-26)25-10-5-15-38-25/h2-10,15-16,24H,11-14,17-18H2,1H3,(H,30,35)/t24-/m0/s1. The summed E-state index contributed by atoms with van der Waals surface area (Å²) in [5, 5.41) is 8.82. The van der Waals surface area contributed by atoms with E-state index in [1.165, 1.54) is 13.0 Å². The number of nitrogens with one attached hydrogen (secondary N) is 1. The number of hydrogen-bond acceptors (Lipinski definition) is 7. The molecule has 10 heteroatoms. The molecule has 1 saturated heterocycles. The summed E-state index contributed by atoms with van der Waals surface area (Å²) >= 11 is 1.55. The molecule has 0 spiro atoms. The molecule has 5 rings (SSSR count). The summed E-state index contributed by atoms with van der Waals surface area (Å²) in [5.74, 6) is 0.163. The number of aromatic nitrogens is 2. The maximum Gasteiger partial charge on any atom is 0.268 e. The SMILES string of the molecule is CC(=O)N[C@@H](Cc1ccccc1F)C(=O)N1CCN(Cc2cccc(-c3noc(-c4cccs4)n3)c2)CC1. The number of hydrogen-bond donors (Lipinski definition) is 1. The number of rotatable bonds is 8. The van der Waals surface area contributed by atoms with Crippen LogP contribution in [0.2, 0.25) is 0 Å². The first kappa shape index (κ1) is 25.7. The predicted molar refractivity (Wildman–Crippen MR) is 143 cm³/mol. The Balaban J connectivity index is 1.19. The lowest BCUT2D eigenvalue weighted by molar-refractivity contribution is -0.137. The van der Waals surface area contributed by atoms with Crippen molar-refractivity contribution in [1.82, 2.24) is 25.3 Å². The Labute approximate surface area is 224 Å². The summed E-state index contributed by atoms with van der Waals surface area (Å²) in [7, 11) is 0.